The number of benzene rings is 1. The molecule has 31 heavy (non-hydrogen) atoms. The van der Waals surface area contributed by atoms with E-state index < -0.39 is 5.97 Å². The van der Waals surface area contributed by atoms with Gasteiger partial charge in [-0.2, -0.15) is 0 Å². The van der Waals surface area contributed by atoms with Gasteiger partial charge in [0.2, 0.25) is 0 Å². The number of nitrogens with two attached hydrogens (primary N) is 1. The topological polar surface area (TPSA) is 111 Å². The van der Waals surface area contributed by atoms with Crippen LogP contribution in [-0.2, 0) is 17.9 Å². The molecule has 1 spiro atoms. The Morgan fingerprint density at radius 3 is 2.48 bits per heavy atom. The number of carbonyl (C=O) groups is 2. The van der Waals surface area contributed by atoms with Gasteiger partial charge in [0.25, 0.3) is 0 Å². The fraction of sp³-hybridized carbons (Fsp3) is 0.524. The number of quaternary nitrogens is 1. The number of fused-ring (bicyclic) bond motifs is 3. The van der Waals surface area contributed by atoms with Gasteiger partial charge in [0.05, 0.1) is 37.3 Å². The predicted octanol–water partition coefficient (Wildman–Crippen LogP) is 0.115. The maximum Gasteiger partial charge on any atom is 0.320 e. The van der Waals surface area contributed by atoms with E-state index in [9.17, 15) is 4.79 Å². The van der Waals surface area contributed by atoms with Crippen molar-refractivity contribution in [3.63, 3.8) is 0 Å². The zero-order valence-electron chi connectivity index (χ0n) is 18.0. The molecule has 0 radical (unpaired) electrons. The van der Waals surface area contributed by atoms with E-state index in [2.05, 4.69) is 20.1 Å². The molecule has 1 aliphatic carbocycles. The van der Waals surface area contributed by atoms with Crippen LogP contribution in [0, 0.1) is 5.41 Å². The Morgan fingerprint density at radius 2 is 1.90 bits per heavy atom. The molecule has 5 rings (SSSR count). The summed E-state index contributed by atoms with van der Waals surface area (Å²) in [4.78, 5) is 24.9. The van der Waals surface area contributed by atoms with Crippen molar-refractivity contribution < 1.29 is 20.0 Å². The Labute approximate surface area is 186 Å². The standard InChI is InChI=1S/C19H23ClN6O.C2H4O2/c1-24(2)18(27)25-8-12-5-14(20)3-4-15(12)26-16(9-25)22-23-17(26)13-6-19(7-13)10-21-11-19;1-2(3)4/h3-5,13,21H,6-11H2,1-2H3;1H3,(H,3,4). The smallest absolute Gasteiger partial charge is 0.320 e. The first-order valence-electron chi connectivity index (χ1n) is 10.4. The largest absolute Gasteiger partial charge is 0.550 e. The van der Waals surface area contributed by atoms with E-state index in [1.807, 2.05) is 18.2 Å². The molecule has 2 N–H and O–H groups in total. The second-order valence-electron chi connectivity index (χ2n) is 8.91. The molecule has 166 valence electrons. The number of urea groups is 1. The summed E-state index contributed by atoms with van der Waals surface area (Å²) in [5.74, 6) is 1.22. The lowest BCUT2D eigenvalue weighted by molar-refractivity contribution is -0.748. The maximum absolute atomic E-state index is 12.7. The van der Waals surface area contributed by atoms with Crippen molar-refractivity contribution in [2.24, 2.45) is 5.41 Å². The van der Waals surface area contributed by atoms with Gasteiger partial charge in [-0.1, -0.05) is 11.6 Å². The van der Waals surface area contributed by atoms with Crippen LogP contribution in [0.25, 0.3) is 5.69 Å². The fourth-order valence-electron chi connectivity index (χ4n) is 4.76. The van der Waals surface area contributed by atoms with Crippen LogP contribution < -0.4 is 10.4 Å². The van der Waals surface area contributed by atoms with Crippen LogP contribution in [0.1, 0.15) is 42.9 Å². The van der Waals surface area contributed by atoms with Crippen molar-refractivity contribution >= 4 is 23.6 Å². The van der Waals surface area contributed by atoms with Gasteiger partial charge < -0.3 is 25.0 Å². The summed E-state index contributed by atoms with van der Waals surface area (Å²) >= 11 is 6.27. The summed E-state index contributed by atoms with van der Waals surface area (Å²) in [6, 6.07) is 5.85. The highest BCUT2D eigenvalue weighted by molar-refractivity contribution is 6.30. The first-order chi connectivity index (χ1) is 14.7. The van der Waals surface area contributed by atoms with Gasteiger partial charge >= 0.3 is 6.03 Å². The molecule has 1 saturated heterocycles. The second kappa shape index (κ2) is 8.12. The van der Waals surface area contributed by atoms with Crippen LogP contribution >= 0.6 is 11.6 Å². The van der Waals surface area contributed by atoms with Gasteiger partial charge in [0.15, 0.2) is 5.82 Å². The Hall–Kier alpha value is -2.65. The minimum absolute atomic E-state index is 0.0356. The summed E-state index contributed by atoms with van der Waals surface area (Å²) in [5.41, 5.74) is 2.60. The quantitative estimate of drug-likeness (QED) is 0.668. The summed E-state index contributed by atoms with van der Waals surface area (Å²) in [7, 11) is 3.54. The molecule has 2 aromatic rings. The lowest BCUT2D eigenvalue weighted by atomic mass is 9.58. The van der Waals surface area contributed by atoms with Crippen LogP contribution in [0.4, 0.5) is 4.79 Å². The highest BCUT2D eigenvalue weighted by Crippen LogP contribution is 2.51. The van der Waals surface area contributed by atoms with Crippen LogP contribution in [-0.4, -0.2) is 63.7 Å². The van der Waals surface area contributed by atoms with Gasteiger partial charge in [-0.05, 0) is 43.5 Å². The predicted molar refractivity (Wildman–Crippen MR) is 111 cm³/mol. The molecule has 2 amide bonds. The Balaban J connectivity index is 0.000000535. The third kappa shape index (κ3) is 4.12. The van der Waals surface area contributed by atoms with Crippen LogP contribution in [0.3, 0.4) is 0 Å². The average Bonchev–Trinajstić information content (AvgIpc) is 2.93. The molecule has 0 unspecified atom stereocenters. The number of nitrogens with zero attached hydrogens (tertiary/aromatic N) is 5. The lowest BCUT2D eigenvalue weighted by Crippen LogP contribution is -3.01. The number of rotatable bonds is 1. The Morgan fingerprint density at radius 1 is 1.23 bits per heavy atom. The Bertz CT molecular complexity index is 1000. The lowest BCUT2D eigenvalue weighted by Gasteiger charge is -2.50. The molecule has 0 bridgehead atoms. The highest BCUT2D eigenvalue weighted by atomic mass is 35.5. The minimum Gasteiger partial charge on any atom is -0.550 e. The molecule has 3 heterocycles. The molecule has 0 atom stereocenters. The number of hydrogen-bond donors (Lipinski definition) is 1. The number of carboxylic acid groups (broad SMARTS) is 1. The summed E-state index contributed by atoms with van der Waals surface area (Å²) in [5, 5.41) is 21.0. The van der Waals surface area contributed by atoms with Gasteiger partial charge in [-0.15, -0.1) is 10.2 Å². The first kappa shape index (κ1) is 21.6. The van der Waals surface area contributed by atoms with E-state index in [0.717, 1.165) is 29.8 Å². The third-order valence-electron chi connectivity index (χ3n) is 6.26. The number of carboxylic acids is 1. The molecule has 10 heteroatoms. The number of amides is 2. The van der Waals surface area contributed by atoms with E-state index in [0.29, 0.717) is 29.4 Å². The molecule has 1 aromatic heterocycles. The van der Waals surface area contributed by atoms with Crippen LogP contribution in [0.5, 0.6) is 0 Å². The number of aliphatic carboxylic acids is 1. The molecule has 3 aliphatic rings. The number of halogens is 1. The summed E-state index contributed by atoms with van der Waals surface area (Å²) < 4.78 is 2.18. The minimum atomic E-state index is -1.08. The fourth-order valence-corrected chi connectivity index (χ4v) is 4.96. The SMILES string of the molecule is CC(=O)[O-].CN(C)C(=O)N1Cc2cc(Cl)ccc2-n2c(nnc2C2CC3(C[NH2+]C3)C2)C1. The number of hydrogen-bond acceptors (Lipinski definition) is 5. The van der Waals surface area contributed by atoms with Gasteiger partial charge in [-0.3, -0.25) is 4.57 Å². The van der Waals surface area contributed by atoms with Crippen molar-refractivity contribution in [1.29, 1.82) is 0 Å². The monoisotopic (exact) mass is 446 g/mol. The first-order valence-corrected chi connectivity index (χ1v) is 10.8. The van der Waals surface area contributed by atoms with E-state index >= 15 is 0 Å². The molecular weight excluding hydrogens is 420 g/mol. The Kier molecular flexibility index (Phi) is 5.65. The van der Waals surface area contributed by atoms with E-state index in [1.54, 1.807) is 23.9 Å². The van der Waals surface area contributed by atoms with Crippen molar-refractivity contribution in [2.75, 3.05) is 27.2 Å². The second-order valence-corrected chi connectivity index (χ2v) is 9.35. The van der Waals surface area contributed by atoms with Gasteiger partial charge in [-0.25, -0.2) is 4.79 Å². The molecule has 2 aliphatic heterocycles. The normalized spacial score (nSPS) is 18.5. The zero-order valence-corrected chi connectivity index (χ0v) is 18.7. The molecule has 1 aromatic carbocycles. The van der Waals surface area contributed by atoms with E-state index in [4.69, 9.17) is 21.5 Å². The van der Waals surface area contributed by atoms with Crippen molar-refractivity contribution in [3.05, 3.63) is 40.4 Å². The van der Waals surface area contributed by atoms with Gasteiger partial charge in [0.1, 0.15) is 5.82 Å². The van der Waals surface area contributed by atoms with Crippen LogP contribution in [0.2, 0.25) is 5.02 Å². The van der Waals surface area contributed by atoms with Crippen molar-refractivity contribution in [1.82, 2.24) is 24.6 Å². The molecule has 9 nitrogen and oxygen atoms in total. The summed E-state index contributed by atoms with van der Waals surface area (Å²) in [6.07, 6.45) is 2.37. The van der Waals surface area contributed by atoms with E-state index in [-0.39, 0.29) is 6.03 Å². The highest BCUT2D eigenvalue weighted by Gasteiger charge is 2.54. The number of aromatic nitrogens is 3. The third-order valence-corrected chi connectivity index (χ3v) is 6.50. The molecular formula is C21H27ClN6O3. The zero-order chi connectivity index (χ0) is 22.3. The maximum atomic E-state index is 12.7. The van der Waals surface area contributed by atoms with Gasteiger partial charge in [0, 0.05) is 31.0 Å². The number of carbonyl (C=O) groups excluding carboxylic acids is 2. The van der Waals surface area contributed by atoms with Crippen LogP contribution in [0.15, 0.2) is 18.2 Å². The molecule has 1 saturated carbocycles. The van der Waals surface area contributed by atoms with Crippen molar-refractivity contribution in [3.8, 4) is 5.69 Å². The average molecular weight is 447 g/mol. The molecule has 2 fully saturated rings. The van der Waals surface area contributed by atoms with Crippen molar-refractivity contribution in [2.45, 2.75) is 38.8 Å². The van der Waals surface area contributed by atoms with E-state index in [1.165, 1.54) is 25.9 Å². The summed E-state index contributed by atoms with van der Waals surface area (Å²) in [6.45, 7) is 4.41.